The van der Waals surface area contributed by atoms with Gasteiger partial charge in [-0.25, -0.2) is 4.79 Å². The number of aromatic carboxylic acids is 1. The maximum absolute atomic E-state index is 10.8. The van der Waals surface area contributed by atoms with E-state index in [0.29, 0.717) is 12.1 Å². The molecule has 0 aliphatic heterocycles. The SMILES string of the molecule is CCCc1c(C(=O)O)ccn1CCO. The molecule has 0 aromatic carbocycles. The third-order valence-corrected chi connectivity index (χ3v) is 2.14. The molecule has 1 rings (SSSR count). The fourth-order valence-electron chi connectivity index (χ4n) is 1.53. The molecular weight excluding hydrogens is 182 g/mol. The molecule has 1 heterocycles. The lowest BCUT2D eigenvalue weighted by Gasteiger charge is -2.07. The molecule has 0 aliphatic carbocycles. The molecule has 0 aliphatic rings. The maximum atomic E-state index is 10.8. The Morgan fingerprint density at radius 3 is 2.79 bits per heavy atom. The molecule has 1 aromatic rings. The van der Waals surface area contributed by atoms with Gasteiger partial charge in [-0.15, -0.1) is 0 Å². The molecule has 0 saturated heterocycles. The van der Waals surface area contributed by atoms with Gasteiger partial charge >= 0.3 is 5.97 Å². The highest BCUT2D eigenvalue weighted by molar-refractivity contribution is 5.89. The number of hydrogen-bond acceptors (Lipinski definition) is 2. The molecule has 0 amide bonds. The Kier molecular flexibility index (Phi) is 3.71. The van der Waals surface area contributed by atoms with Gasteiger partial charge < -0.3 is 14.8 Å². The number of aromatic nitrogens is 1. The number of aliphatic hydroxyl groups excluding tert-OH is 1. The van der Waals surface area contributed by atoms with E-state index in [0.717, 1.165) is 18.5 Å². The van der Waals surface area contributed by atoms with Gasteiger partial charge in [-0.3, -0.25) is 0 Å². The van der Waals surface area contributed by atoms with Gasteiger partial charge in [-0.05, 0) is 12.5 Å². The predicted octanol–water partition coefficient (Wildman–Crippen LogP) is 1.13. The summed E-state index contributed by atoms with van der Waals surface area (Å²) in [5, 5.41) is 17.7. The maximum Gasteiger partial charge on any atom is 0.337 e. The van der Waals surface area contributed by atoms with Gasteiger partial charge in [0.15, 0.2) is 0 Å². The van der Waals surface area contributed by atoms with Crippen molar-refractivity contribution in [1.29, 1.82) is 0 Å². The van der Waals surface area contributed by atoms with E-state index < -0.39 is 5.97 Å². The molecule has 0 unspecified atom stereocenters. The Morgan fingerprint density at radius 1 is 1.57 bits per heavy atom. The van der Waals surface area contributed by atoms with Crippen LogP contribution in [0.4, 0.5) is 0 Å². The van der Waals surface area contributed by atoms with E-state index >= 15 is 0 Å². The van der Waals surface area contributed by atoms with Crippen LogP contribution in [0.15, 0.2) is 12.3 Å². The van der Waals surface area contributed by atoms with Gasteiger partial charge in [0.2, 0.25) is 0 Å². The Hall–Kier alpha value is -1.29. The molecule has 2 N–H and O–H groups in total. The summed E-state index contributed by atoms with van der Waals surface area (Å²) in [7, 11) is 0. The van der Waals surface area contributed by atoms with Crippen LogP contribution in [0, 0.1) is 0 Å². The molecule has 4 heteroatoms. The van der Waals surface area contributed by atoms with Gasteiger partial charge in [-0.1, -0.05) is 13.3 Å². The lowest BCUT2D eigenvalue weighted by molar-refractivity contribution is 0.0695. The summed E-state index contributed by atoms with van der Waals surface area (Å²) < 4.78 is 1.80. The van der Waals surface area contributed by atoms with Gasteiger partial charge in [0.25, 0.3) is 0 Å². The first-order valence-electron chi connectivity index (χ1n) is 4.72. The van der Waals surface area contributed by atoms with Crippen LogP contribution in [0.5, 0.6) is 0 Å². The molecular formula is C10H15NO3. The van der Waals surface area contributed by atoms with Crippen LogP contribution in [-0.2, 0) is 13.0 Å². The van der Waals surface area contributed by atoms with Gasteiger partial charge in [0.1, 0.15) is 0 Å². The van der Waals surface area contributed by atoms with Crippen LogP contribution in [0.25, 0.3) is 0 Å². The molecule has 14 heavy (non-hydrogen) atoms. The minimum absolute atomic E-state index is 0.0322. The smallest absolute Gasteiger partial charge is 0.337 e. The summed E-state index contributed by atoms with van der Waals surface area (Å²) >= 11 is 0. The third kappa shape index (κ3) is 2.14. The van der Waals surface area contributed by atoms with E-state index in [9.17, 15) is 4.79 Å². The summed E-state index contributed by atoms with van der Waals surface area (Å²) in [6.07, 6.45) is 3.34. The Balaban J connectivity index is 3.00. The van der Waals surface area contributed by atoms with Crippen molar-refractivity contribution < 1.29 is 15.0 Å². The fraction of sp³-hybridized carbons (Fsp3) is 0.500. The standard InChI is InChI=1S/C10H15NO3/c1-2-3-9-8(10(13)14)4-5-11(9)6-7-12/h4-5,12H,2-3,6-7H2,1H3,(H,13,14). The Morgan fingerprint density at radius 2 is 2.29 bits per heavy atom. The zero-order valence-corrected chi connectivity index (χ0v) is 8.23. The number of carboxylic acids is 1. The first-order chi connectivity index (χ1) is 6.70. The summed E-state index contributed by atoms with van der Waals surface area (Å²) in [6.45, 7) is 2.50. The Labute approximate surface area is 82.8 Å². The van der Waals surface area contributed by atoms with Crippen molar-refractivity contribution >= 4 is 5.97 Å². The number of carboxylic acid groups (broad SMARTS) is 1. The molecule has 0 bridgehead atoms. The summed E-state index contributed by atoms with van der Waals surface area (Å²) in [6, 6.07) is 1.59. The number of aliphatic hydroxyl groups is 1. The van der Waals surface area contributed by atoms with Crippen molar-refractivity contribution in [1.82, 2.24) is 4.57 Å². The van der Waals surface area contributed by atoms with Crippen molar-refractivity contribution in [2.24, 2.45) is 0 Å². The second-order valence-corrected chi connectivity index (χ2v) is 3.15. The van der Waals surface area contributed by atoms with Crippen molar-refractivity contribution in [2.45, 2.75) is 26.3 Å². The average molecular weight is 197 g/mol. The molecule has 0 atom stereocenters. The summed E-state index contributed by atoms with van der Waals surface area (Å²) in [4.78, 5) is 10.8. The largest absolute Gasteiger partial charge is 0.478 e. The first kappa shape index (κ1) is 10.8. The van der Waals surface area contributed by atoms with Crippen LogP contribution in [0.1, 0.15) is 29.4 Å². The summed E-state index contributed by atoms with van der Waals surface area (Å²) in [5.74, 6) is -0.898. The second-order valence-electron chi connectivity index (χ2n) is 3.15. The van der Waals surface area contributed by atoms with Crippen LogP contribution in [0.3, 0.4) is 0 Å². The van der Waals surface area contributed by atoms with Crippen molar-refractivity contribution in [3.05, 3.63) is 23.5 Å². The molecule has 1 aromatic heterocycles. The molecule has 0 saturated carbocycles. The van der Waals surface area contributed by atoms with Gasteiger partial charge in [0.05, 0.1) is 12.2 Å². The van der Waals surface area contributed by atoms with E-state index in [1.165, 1.54) is 0 Å². The predicted molar refractivity (Wildman–Crippen MR) is 52.5 cm³/mol. The number of rotatable bonds is 5. The Bertz CT molecular complexity index is 317. The van der Waals surface area contributed by atoms with E-state index in [-0.39, 0.29) is 6.61 Å². The molecule has 0 radical (unpaired) electrons. The molecule has 0 spiro atoms. The normalized spacial score (nSPS) is 10.4. The van der Waals surface area contributed by atoms with Crippen LogP contribution >= 0.6 is 0 Å². The minimum atomic E-state index is -0.898. The monoisotopic (exact) mass is 197 g/mol. The van der Waals surface area contributed by atoms with Gasteiger partial charge in [0, 0.05) is 18.4 Å². The minimum Gasteiger partial charge on any atom is -0.478 e. The fourth-order valence-corrected chi connectivity index (χ4v) is 1.53. The zero-order chi connectivity index (χ0) is 10.6. The highest BCUT2D eigenvalue weighted by Crippen LogP contribution is 2.13. The van der Waals surface area contributed by atoms with E-state index in [1.807, 2.05) is 6.92 Å². The first-order valence-corrected chi connectivity index (χ1v) is 4.72. The number of nitrogens with zero attached hydrogens (tertiary/aromatic N) is 1. The topological polar surface area (TPSA) is 62.5 Å². The molecule has 78 valence electrons. The van der Waals surface area contributed by atoms with Crippen LogP contribution < -0.4 is 0 Å². The lowest BCUT2D eigenvalue weighted by Crippen LogP contribution is -2.08. The molecule has 4 nitrogen and oxygen atoms in total. The summed E-state index contributed by atoms with van der Waals surface area (Å²) in [5.41, 5.74) is 1.15. The number of hydrogen-bond donors (Lipinski definition) is 2. The van der Waals surface area contributed by atoms with E-state index in [4.69, 9.17) is 10.2 Å². The van der Waals surface area contributed by atoms with E-state index in [1.54, 1.807) is 16.8 Å². The second kappa shape index (κ2) is 4.81. The van der Waals surface area contributed by atoms with E-state index in [2.05, 4.69) is 0 Å². The third-order valence-electron chi connectivity index (χ3n) is 2.14. The average Bonchev–Trinajstić information content (AvgIpc) is 2.50. The van der Waals surface area contributed by atoms with Crippen LogP contribution in [-0.4, -0.2) is 27.4 Å². The number of carbonyl (C=O) groups is 1. The quantitative estimate of drug-likeness (QED) is 0.743. The van der Waals surface area contributed by atoms with Crippen molar-refractivity contribution in [2.75, 3.05) is 6.61 Å². The molecule has 0 fully saturated rings. The highest BCUT2D eigenvalue weighted by Gasteiger charge is 2.13. The van der Waals surface area contributed by atoms with Crippen molar-refractivity contribution in [3.8, 4) is 0 Å². The highest BCUT2D eigenvalue weighted by atomic mass is 16.4. The lowest BCUT2D eigenvalue weighted by atomic mass is 10.1. The zero-order valence-electron chi connectivity index (χ0n) is 8.23. The van der Waals surface area contributed by atoms with Gasteiger partial charge in [-0.2, -0.15) is 0 Å². The van der Waals surface area contributed by atoms with Crippen molar-refractivity contribution in [3.63, 3.8) is 0 Å². The van der Waals surface area contributed by atoms with Crippen LogP contribution in [0.2, 0.25) is 0 Å².